The van der Waals surface area contributed by atoms with Gasteiger partial charge in [0.2, 0.25) is 10.0 Å². The number of nitrogens with two attached hydrogens (primary N) is 1. The fraction of sp³-hybridized carbons (Fsp3) is 0.417. The second kappa shape index (κ2) is 5.53. The maximum absolute atomic E-state index is 13.9. The van der Waals surface area contributed by atoms with Crippen molar-refractivity contribution in [1.82, 2.24) is 4.31 Å². The van der Waals surface area contributed by atoms with Gasteiger partial charge >= 0.3 is 0 Å². The SMILES string of the molecule is NC(=O)[C@]1(O)CCCN(S(=O)(=O)c2cccc(Cl)c2F)C1. The third-order valence-electron chi connectivity index (χ3n) is 3.43. The van der Waals surface area contributed by atoms with Gasteiger partial charge in [0.05, 0.1) is 11.6 Å². The highest BCUT2D eigenvalue weighted by molar-refractivity contribution is 7.89. The predicted molar refractivity (Wildman–Crippen MR) is 73.5 cm³/mol. The summed E-state index contributed by atoms with van der Waals surface area (Å²) < 4.78 is 39.6. The van der Waals surface area contributed by atoms with E-state index in [0.717, 1.165) is 10.4 Å². The fourth-order valence-electron chi connectivity index (χ4n) is 2.23. The molecule has 9 heteroatoms. The molecule has 1 amide bonds. The average Bonchev–Trinajstić information content (AvgIpc) is 2.41. The molecule has 2 rings (SSSR count). The van der Waals surface area contributed by atoms with Crippen molar-refractivity contribution in [2.24, 2.45) is 5.73 Å². The van der Waals surface area contributed by atoms with Gasteiger partial charge in [-0.15, -0.1) is 0 Å². The first-order chi connectivity index (χ1) is 9.68. The summed E-state index contributed by atoms with van der Waals surface area (Å²) in [6, 6.07) is 3.61. The van der Waals surface area contributed by atoms with Gasteiger partial charge in [-0.2, -0.15) is 4.31 Å². The smallest absolute Gasteiger partial charge is 0.250 e. The maximum Gasteiger partial charge on any atom is 0.250 e. The summed E-state index contributed by atoms with van der Waals surface area (Å²) in [6.45, 7) is -0.444. The number of primary amides is 1. The number of β-amino-alcohol motifs (C(OH)–C–C–N with tert-alkyl or cyclic N) is 1. The Labute approximate surface area is 126 Å². The van der Waals surface area contributed by atoms with Crippen LogP contribution in [0.1, 0.15) is 12.8 Å². The molecule has 1 atom stereocenters. The third kappa shape index (κ3) is 2.89. The van der Waals surface area contributed by atoms with E-state index in [0.29, 0.717) is 0 Å². The lowest BCUT2D eigenvalue weighted by Gasteiger charge is -2.36. The van der Waals surface area contributed by atoms with Gasteiger partial charge < -0.3 is 10.8 Å². The third-order valence-corrected chi connectivity index (χ3v) is 5.58. The molecule has 0 aliphatic carbocycles. The summed E-state index contributed by atoms with van der Waals surface area (Å²) >= 11 is 5.58. The van der Waals surface area contributed by atoms with Crippen molar-refractivity contribution in [3.8, 4) is 0 Å². The van der Waals surface area contributed by atoms with E-state index in [1.54, 1.807) is 0 Å². The first-order valence-electron chi connectivity index (χ1n) is 6.15. The van der Waals surface area contributed by atoms with Crippen LogP contribution in [0.15, 0.2) is 23.1 Å². The molecule has 0 unspecified atom stereocenters. The lowest BCUT2D eigenvalue weighted by Crippen LogP contribution is -2.57. The van der Waals surface area contributed by atoms with Crippen LogP contribution >= 0.6 is 11.6 Å². The number of sulfonamides is 1. The average molecular weight is 337 g/mol. The van der Waals surface area contributed by atoms with E-state index >= 15 is 0 Å². The zero-order valence-electron chi connectivity index (χ0n) is 10.9. The first kappa shape index (κ1) is 16.2. The molecule has 21 heavy (non-hydrogen) atoms. The van der Waals surface area contributed by atoms with Crippen molar-refractivity contribution in [2.45, 2.75) is 23.3 Å². The van der Waals surface area contributed by atoms with E-state index in [-0.39, 0.29) is 24.4 Å². The van der Waals surface area contributed by atoms with Crippen molar-refractivity contribution < 1.29 is 22.7 Å². The number of nitrogens with zero attached hydrogens (tertiary/aromatic N) is 1. The Kier molecular flexibility index (Phi) is 4.25. The monoisotopic (exact) mass is 336 g/mol. The van der Waals surface area contributed by atoms with E-state index in [9.17, 15) is 22.7 Å². The van der Waals surface area contributed by atoms with E-state index in [1.165, 1.54) is 12.1 Å². The van der Waals surface area contributed by atoms with E-state index < -0.39 is 38.8 Å². The lowest BCUT2D eigenvalue weighted by atomic mass is 9.94. The molecule has 0 radical (unpaired) electrons. The topological polar surface area (TPSA) is 101 Å². The number of piperidine rings is 1. The second-order valence-corrected chi connectivity index (χ2v) is 7.20. The zero-order valence-corrected chi connectivity index (χ0v) is 12.5. The molecule has 116 valence electrons. The zero-order chi connectivity index (χ0) is 15.8. The standard InChI is InChI=1S/C12H14ClFN2O4S/c13-8-3-1-4-9(10(8)14)21(19,20)16-6-2-5-12(18,7-16)11(15)17/h1,3-4,18H,2,5-7H2,(H2,15,17)/t12-/m0/s1. The molecule has 1 aromatic carbocycles. The van der Waals surface area contributed by atoms with Crippen molar-refractivity contribution in [3.63, 3.8) is 0 Å². The normalized spacial score (nSPS) is 24.0. The van der Waals surface area contributed by atoms with Gasteiger partial charge in [0.15, 0.2) is 11.4 Å². The molecule has 3 N–H and O–H groups in total. The summed E-state index contributed by atoms with van der Waals surface area (Å²) in [5, 5.41) is 9.73. The molecule has 1 heterocycles. The lowest BCUT2D eigenvalue weighted by molar-refractivity contribution is -0.139. The maximum atomic E-state index is 13.9. The molecule has 1 aromatic rings. The Morgan fingerprint density at radius 3 is 2.76 bits per heavy atom. The Hall–Kier alpha value is -1.22. The van der Waals surface area contributed by atoms with Gasteiger partial charge in [-0.05, 0) is 25.0 Å². The molecular weight excluding hydrogens is 323 g/mol. The Morgan fingerprint density at radius 2 is 2.14 bits per heavy atom. The van der Waals surface area contributed by atoms with Gasteiger partial charge in [-0.3, -0.25) is 4.79 Å². The van der Waals surface area contributed by atoms with Gasteiger partial charge in [-0.25, -0.2) is 12.8 Å². The van der Waals surface area contributed by atoms with Gasteiger partial charge in [-0.1, -0.05) is 17.7 Å². The summed E-state index contributed by atoms with van der Waals surface area (Å²) in [4.78, 5) is 10.7. The minimum Gasteiger partial charge on any atom is -0.379 e. The fourth-order valence-corrected chi connectivity index (χ4v) is 4.08. The molecule has 1 aliphatic rings. The molecule has 0 aromatic heterocycles. The van der Waals surface area contributed by atoms with Crippen LogP contribution in [0.25, 0.3) is 0 Å². The highest BCUT2D eigenvalue weighted by Gasteiger charge is 2.43. The molecule has 0 saturated carbocycles. The first-order valence-corrected chi connectivity index (χ1v) is 7.97. The number of carbonyl (C=O) groups excluding carboxylic acids is 1. The van der Waals surface area contributed by atoms with Gasteiger partial charge in [0.1, 0.15) is 4.90 Å². The molecule has 6 nitrogen and oxygen atoms in total. The molecule has 1 fully saturated rings. The minimum absolute atomic E-state index is 0.0594. The number of hydrogen-bond donors (Lipinski definition) is 2. The van der Waals surface area contributed by atoms with E-state index in [2.05, 4.69) is 0 Å². The Balaban J connectivity index is 2.40. The number of carbonyl (C=O) groups is 1. The van der Waals surface area contributed by atoms with Crippen LogP contribution in [-0.4, -0.2) is 42.4 Å². The minimum atomic E-state index is -4.21. The van der Waals surface area contributed by atoms with Gasteiger partial charge in [0.25, 0.3) is 5.91 Å². The number of aliphatic hydroxyl groups is 1. The number of hydrogen-bond acceptors (Lipinski definition) is 4. The number of benzene rings is 1. The Morgan fingerprint density at radius 1 is 1.48 bits per heavy atom. The van der Waals surface area contributed by atoms with Crippen molar-refractivity contribution in [2.75, 3.05) is 13.1 Å². The van der Waals surface area contributed by atoms with Crippen LogP contribution in [0.5, 0.6) is 0 Å². The van der Waals surface area contributed by atoms with Crippen LogP contribution in [0.4, 0.5) is 4.39 Å². The summed E-state index contributed by atoms with van der Waals surface area (Å²) in [5.41, 5.74) is 3.15. The second-order valence-electron chi connectivity index (χ2n) is 4.89. The number of halogens is 2. The summed E-state index contributed by atoms with van der Waals surface area (Å²) in [7, 11) is -4.21. The van der Waals surface area contributed by atoms with Crippen LogP contribution in [0, 0.1) is 5.82 Å². The highest BCUT2D eigenvalue weighted by Crippen LogP contribution is 2.29. The predicted octanol–water partition coefficient (Wildman–Crippen LogP) is 0.480. The molecule has 0 bridgehead atoms. The molecule has 1 aliphatic heterocycles. The summed E-state index contributed by atoms with van der Waals surface area (Å²) in [5.74, 6) is -2.07. The molecule has 0 spiro atoms. The molecule has 1 saturated heterocycles. The van der Waals surface area contributed by atoms with Gasteiger partial charge in [0, 0.05) is 6.54 Å². The largest absolute Gasteiger partial charge is 0.379 e. The number of rotatable bonds is 3. The van der Waals surface area contributed by atoms with Crippen LogP contribution in [-0.2, 0) is 14.8 Å². The molecular formula is C12H14ClFN2O4S. The van der Waals surface area contributed by atoms with Crippen LogP contribution < -0.4 is 5.73 Å². The Bertz CT molecular complexity index is 682. The van der Waals surface area contributed by atoms with Crippen LogP contribution in [0.2, 0.25) is 5.02 Å². The van der Waals surface area contributed by atoms with Crippen LogP contribution in [0.3, 0.4) is 0 Å². The van der Waals surface area contributed by atoms with Crippen molar-refractivity contribution in [3.05, 3.63) is 29.0 Å². The highest BCUT2D eigenvalue weighted by atomic mass is 35.5. The number of amides is 1. The van der Waals surface area contributed by atoms with Crippen molar-refractivity contribution >= 4 is 27.5 Å². The van der Waals surface area contributed by atoms with E-state index in [1.807, 2.05) is 0 Å². The quantitative estimate of drug-likeness (QED) is 0.838. The van der Waals surface area contributed by atoms with E-state index in [4.69, 9.17) is 17.3 Å². The van der Waals surface area contributed by atoms with Crippen molar-refractivity contribution in [1.29, 1.82) is 0 Å². The summed E-state index contributed by atoms with van der Waals surface area (Å²) in [6.07, 6.45) is 0.299.